The van der Waals surface area contributed by atoms with Crippen LogP contribution in [-0.4, -0.2) is 42.6 Å². The molecule has 0 N–H and O–H groups in total. The van der Waals surface area contributed by atoms with Gasteiger partial charge in [-0.1, -0.05) is 6.07 Å². The highest BCUT2D eigenvalue weighted by Gasteiger charge is 2.35. The van der Waals surface area contributed by atoms with E-state index in [4.69, 9.17) is 16.4 Å². The number of hydrogen-bond acceptors (Lipinski definition) is 9. The first-order chi connectivity index (χ1) is 17.5. The fourth-order valence-electron chi connectivity index (χ4n) is 3.14. The Kier molecular flexibility index (Phi) is 7.93. The van der Waals surface area contributed by atoms with Crippen LogP contribution >= 0.6 is 11.6 Å². The van der Waals surface area contributed by atoms with Gasteiger partial charge in [0.05, 0.1) is 22.4 Å². The summed E-state index contributed by atoms with van der Waals surface area (Å²) in [6.07, 6.45) is -3.11. The zero-order valence-electron chi connectivity index (χ0n) is 20.7. The Morgan fingerprint density at radius 3 is 2.42 bits per heavy atom. The first kappa shape index (κ1) is 28.7. The molecule has 0 amide bonds. The van der Waals surface area contributed by atoms with E-state index in [1.807, 2.05) is 0 Å². The third-order valence-electron chi connectivity index (χ3n) is 5.10. The average molecular weight is 560 g/mol. The van der Waals surface area contributed by atoms with E-state index in [-0.39, 0.29) is 34.6 Å². The van der Waals surface area contributed by atoms with Gasteiger partial charge in [0.25, 0.3) is 0 Å². The molecular formula is C22H22ClF4N7O4. The number of halogens is 5. The number of aryl methyl sites for hydroxylation is 1. The molecule has 0 aliphatic heterocycles. The first-order valence-electron chi connectivity index (χ1n) is 10.8. The van der Waals surface area contributed by atoms with E-state index < -0.39 is 39.7 Å². The summed E-state index contributed by atoms with van der Waals surface area (Å²) in [6.45, 7) is 4.45. The standard InChI is InChI=1S/C22H22ClF4N7O4/c1-21(2,3)19(35)38-32(5)33(18-15(34(36)37)9-28-20(23)30-18)10-12-6-7-13(14(24)8-12)17-29-16(11-31(17)4)22(25,26)27/h6-9,11H,10H2,1-5H3. The van der Waals surface area contributed by atoms with E-state index in [2.05, 4.69) is 15.0 Å². The Morgan fingerprint density at radius 1 is 1.24 bits per heavy atom. The number of aromatic nitrogens is 4. The number of anilines is 1. The molecular weight excluding hydrogens is 538 g/mol. The van der Waals surface area contributed by atoms with Crippen molar-refractivity contribution in [2.24, 2.45) is 12.5 Å². The van der Waals surface area contributed by atoms with Crippen molar-refractivity contribution >= 4 is 29.1 Å². The molecule has 0 atom stereocenters. The molecule has 38 heavy (non-hydrogen) atoms. The number of imidazole rings is 1. The van der Waals surface area contributed by atoms with Crippen molar-refractivity contribution in [2.75, 3.05) is 12.1 Å². The van der Waals surface area contributed by atoms with Crippen molar-refractivity contribution in [1.82, 2.24) is 24.7 Å². The van der Waals surface area contributed by atoms with Crippen LogP contribution in [0.3, 0.4) is 0 Å². The van der Waals surface area contributed by atoms with Crippen LogP contribution in [0.1, 0.15) is 32.0 Å². The first-order valence-corrected chi connectivity index (χ1v) is 11.2. The van der Waals surface area contributed by atoms with Crippen LogP contribution in [-0.2, 0) is 29.4 Å². The molecule has 16 heteroatoms. The molecule has 0 bridgehead atoms. The molecule has 2 heterocycles. The maximum absolute atomic E-state index is 15.1. The maximum Gasteiger partial charge on any atom is 0.434 e. The van der Waals surface area contributed by atoms with Gasteiger partial charge in [0.15, 0.2) is 5.69 Å². The van der Waals surface area contributed by atoms with Gasteiger partial charge in [-0.25, -0.2) is 24.2 Å². The SMILES string of the molecule is CN(OC(=O)C(C)(C)C)N(Cc1ccc(-c2nc(C(F)(F)F)cn2C)c(F)c1)c1nc(Cl)ncc1[N+](=O)[O-]. The third-order valence-corrected chi connectivity index (χ3v) is 5.28. The van der Waals surface area contributed by atoms with E-state index in [1.165, 1.54) is 26.2 Å². The molecule has 0 fully saturated rings. The van der Waals surface area contributed by atoms with Crippen LogP contribution < -0.4 is 5.01 Å². The highest BCUT2D eigenvalue weighted by atomic mass is 35.5. The number of hydroxylamine groups is 1. The largest absolute Gasteiger partial charge is 0.434 e. The van der Waals surface area contributed by atoms with Crippen LogP contribution in [0.4, 0.5) is 29.1 Å². The van der Waals surface area contributed by atoms with Gasteiger partial charge >= 0.3 is 17.8 Å². The molecule has 204 valence electrons. The van der Waals surface area contributed by atoms with Crippen LogP contribution in [0.2, 0.25) is 5.28 Å². The van der Waals surface area contributed by atoms with Gasteiger partial charge in [0.2, 0.25) is 11.1 Å². The molecule has 0 saturated heterocycles. The minimum absolute atomic E-state index is 0.194. The zero-order chi connectivity index (χ0) is 28.6. The molecule has 3 aromatic rings. The summed E-state index contributed by atoms with van der Waals surface area (Å²) in [7, 11) is 2.57. The Bertz CT molecular complexity index is 1370. The number of benzene rings is 1. The van der Waals surface area contributed by atoms with Crippen molar-refractivity contribution in [2.45, 2.75) is 33.5 Å². The highest BCUT2D eigenvalue weighted by Crippen LogP contribution is 2.33. The van der Waals surface area contributed by atoms with Gasteiger partial charge in [-0.05, 0) is 55.2 Å². The second-order valence-corrected chi connectivity index (χ2v) is 9.47. The van der Waals surface area contributed by atoms with Crippen molar-refractivity contribution in [3.8, 4) is 11.4 Å². The van der Waals surface area contributed by atoms with Crippen molar-refractivity contribution in [3.05, 3.63) is 63.1 Å². The topological polar surface area (TPSA) is 120 Å². The fraction of sp³-hybridized carbons (Fsp3) is 0.364. The van der Waals surface area contributed by atoms with E-state index in [9.17, 15) is 28.1 Å². The predicted octanol–water partition coefficient (Wildman–Crippen LogP) is 4.95. The van der Waals surface area contributed by atoms with Crippen LogP contribution in [0.5, 0.6) is 0 Å². The van der Waals surface area contributed by atoms with Crippen molar-refractivity contribution < 1.29 is 32.1 Å². The molecule has 0 aliphatic carbocycles. The Labute approximate surface area is 218 Å². The number of carbonyl (C=O) groups excluding carboxylic acids is 1. The van der Waals surface area contributed by atoms with Gasteiger partial charge in [-0.3, -0.25) is 10.1 Å². The minimum atomic E-state index is -4.71. The van der Waals surface area contributed by atoms with Crippen molar-refractivity contribution in [3.63, 3.8) is 0 Å². The smallest absolute Gasteiger partial charge is 0.348 e. The summed E-state index contributed by atoms with van der Waals surface area (Å²) in [5.41, 5.74) is -2.72. The number of nitro groups is 1. The van der Waals surface area contributed by atoms with E-state index in [0.717, 1.165) is 33.2 Å². The fourth-order valence-corrected chi connectivity index (χ4v) is 3.27. The third kappa shape index (κ3) is 6.34. The quantitative estimate of drug-likeness (QED) is 0.171. The molecule has 0 aliphatic rings. The lowest BCUT2D eigenvalue weighted by Crippen LogP contribution is -2.44. The number of carbonyl (C=O) groups is 1. The molecule has 2 aromatic heterocycles. The number of hydrogen-bond donors (Lipinski definition) is 0. The summed E-state index contributed by atoms with van der Waals surface area (Å²) in [4.78, 5) is 39.7. The lowest BCUT2D eigenvalue weighted by atomic mass is 9.98. The molecule has 0 spiro atoms. The number of alkyl halides is 3. The summed E-state index contributed by atoms with van der Waals surface area (Å²) in [6, 6.07) is 3.60. The summed E-state index contributed by atoms with van der Waals surface area (Å²) in [5.74, 6) is -2.21. The van der Waals surface area contributed by atoms with E-state index >= 15 is 4.39 Å². The van der Waals surface area contributed by atoms with Gasteiger partial charge in [0.1, 0.15) is 17.8 Å². The van der Waals surface area contributed by atoms with Gasteiger partial charge in [0, 0.05) is 20.3 Å². The zero-order valence-corrected chi connectivity index (χ0v) is 21.5. The molecule has 1 aromatic carbocycles. The van der Waals surface area contributed by atoms with Gasteiger partial charge in [-0.15, -0.1) is 0 Å². The second-order valence-electron chi connectivity index (χ2n) is 9.13. The van der Waals surface area contributed by atoms with E-state index in [1.54, 1.807) is 20.8 Å². The summed E-state index contributed by atoms with van der Waals surface area (Å²) >= 11 is 5.87. The van der Waals surface area contributed by atoms with Crippen LogP contribution in [0.25, 0.3) is 11.4 Å². The van der Waals surface area contributed by atoms with Crippen LogP contribution in [0.15, 0.2) is 30.6 Å². The lowest BCUT2D eigenvalue weighted by Gasteiger charge is -2.32. The number of hydrazine groups is 1. The highest BCUT2D eigenvalue weighted by molar-refractivity contribution is 6.28. The minimum Gasteiger partial charge on any atom is -0.348 e. The molecule has 0 radical (unpaired) electrons. The molecule has 11 nitrogen and oxygen atoms in total. The van der Waals surface area contributed by atoms with Crippen molar-refractivity contribution in [1.29, 1.82) is 0 Å². The number of rotatable bonds is 7. The maximum atomic E-state index is 15.1. The van der Waals surface area contributed by atoms with E-state index in [0.29, 0.717) is 0 Å². The number of nitrogens with zero attached hydrogens (tertiary/aromatic N) is 7. The normalized spacial score (nSPS) is 12.1. The Hall–Kier alpha value is -3.85. The molecule has 0 saturated carbocycles. The van der Waals surface area contributed by atoms with Crippen LogP contribution in [0, 0.1) is 21.3 Å². The average Bonchev–Trinajstić information content (AvgIpc) is 3.18. The van der Waals surface area contributed by atoms with Gasteiger partial charge in [-0.2, -0.15) is 18.2 Å². The molecule has 0 unspecified atom stereocenters. The lowest BCUT2D eigenvalue weighted by molar-refractivity contribution is -0.385. The Balaban J connectivity index is 2.03. The Morgan fingerprint density at radius 2 is 1.89 bits per heavy atom. The summed E-state index contributed by atoms with van der Waals surface area (Å²) in [5, 5.41) is 13.2. The predicted molar refractivity (Wildman–Crippen MR) is 127 cm³/mol. The molecule has 3 rings (SSSR count). The second kappa shape index (κ2) is 10.5. The van der Waals surface area contributed by atoms with Gasteiger partial charge < -0.3 is 9.40 Å². The summed E-state index contributed by atoms with van der Waals surface area (Å²) < 4.78 is 55.3. The monoisotopic (exact) mass is 559 g/mol.